The van der Waals surface area contributed by atoms with Crippen LogP contribution in [0.25, 0.3) is 33.4 Å². The summed E-state index contributed by atoms with van der Waals surface area (Å²) in [6.07, 6.45) is 0. The van der Waals surface area contributed by atoms with Gasteiger partial charge in [-0.15, -0.1) is 0 Å². The second-order valence-electron chi connectivity index (χ2n) is 5.74. The average Bonchev–Trinajstić information content (AvgIpc) is 3.13. The zero-order valence-electron chi connectivity index (χ0n) is 13.0. The standard InChI is InChI=1S/C19H12F2O3S/c1-9-4-11(22)5-13-16(10-2-3-25-8-10)19(24-18(9)13)17-14(20)6-12(23)7-15(17)21/h2-8,22-23H,1H3. The molecule has 4 rings (SSSR count). The van der Waals surface area contributed by atoms with Crippen molar-refractivity contribution in [2.75, 3.05) is 0 Å². The Morgan fingerprint density at radius 3 is 2.28 bits per heavy atom. The highest BCUT2D eigenvalue weighted by Crippen LogP contribution is 2.45. The van der Waals surface area contributed by atoms with Crippen molar-refractivity contribution < 1.29 is 23.4 Å². The van der Waals surface area contributed by atoms with E-state index < -0.39 is 17.4 Å². The van der Waals surface area contributed by atoms with E-state index in [1.165, 1.54) is 23.5 Å². The molecule has 2 aromatic heterocycles. The normalized spacial score (nSPS) is 11.3. The Morgan fingerprint density at radius 1 is 0.960 bits per heavy atom. The van der Waals surface area contributed by atoms with Gasteiger partial charge in [0.25, 0.3) is 0 Å². The van der Waals surface area contributed by atoms with Crippen molar-refractivity contribution in [2.45, 2.75) is 6.92 Å². The fraction of sp³-hybridized carbons (Fsp3) is 0.0526. The first-order valence-corrected chi connectivity index (χ1v) is 8.37. The molecule has 0 amide bonds. The summed E-state index contributed by atoms with van der Waals surface area (Å²) in [6.45, 7) is 1.75. The van der Waals surface area contributed by atoms with Gasteiger partial charge in [-0.2, -0.15) is 11.3 Å². The van der Waals surface area contributed by atoms with E-state index in [9.17, 15) is 19.0 Å². The lowest BCUT2D eigenvalue weighted by Gasteiger charge is -2.06. The monoisotopic (exact) mass is 358 g/mol. The zero-order valence-corrected chi connectivity index (χ0v) is 13.8. The predicted octanol–water partition coefficient (Wildman–Crippen LogP) is 5.83. The van der Waals surface area contributed by atoms with Gasteiger partial charge in [-0.25, -0.2) is 8.78 Å². The van der Waals surface area contributed by atoms with Crippen molar-refractivity contribution in [2.24, 2.45) is 0 Å². The van der Waals surface area contributed by atoms with Gasteiger partial charge in [0, 0.05) is 23.1 Å². The number of thiophene rings is 1. The number of benzene rings is 2. The van der Waals surface area contributed by atoms with Crippen LogP contribution in [0.2, 0.25) is 0 Å². The summed E-state index contributed by atoms with van der Waals surface area (Å²) in [6, 6.07) is 6.53. The van der Waals surface area contributed by atoms with Gasteiger partial charge in [0.05, 0.1) is 5.56 Å². The van der Waals surface area contributed by atoms with Gasteiger partial charge in [-0.3, -0.25) is 0 Å². The Balaban J connectivity index is 2.15. The van der Waals surface area contributed by atoms with E-state index in [1.54, 1.807) is 6.92 Å². The number of aryl methyl sites for hydroxylation is 1. The van der Waals surface area contributed by atoms with Crippen LogP contribution in [0.3, 0.4) is 0 Å². The zero-order chi connectivity index (χ0) is 17.7. The molecule has 0 spiro atoms. The molecule has 0 fully saturated rings. The second kappa shape index (κ2) is 5.60. The van der Waals surface area contributed by atoms with Crippen LogP contribution in [0.1, 0.15) is 5.56 Å². The maximum absolute atomic E-state index is 14.4. The van der Waals surface area contributed by atoms with E-state index in [4.69, 9.17) is 4.42 Å². The number of hydrogen-bond acceptors (Lipinski definition) is 4. The Kier molecular flexibility index (Phi) is 3.51. The van der Waals surface area contributed by atoms with E-state index in [0.29, 0.717) is 22.1 Å². The molecule has 0 unspecified atom stereocenters. The summed E-state index contributed by atoms with van der Waals surface area (Å²) in [5.41, 5.74) is 1.97. The molecule has 0 atom stereocenters. The molecule has 25 heavy (non-hydrogen) atoms. The first kappa shape index (κ1) is 15.7. The first-order chi connectivity index (χ1) is 12.0. The highest BCUT2D eigenvalue weighted by atomic mass is 32.1. The van der Waals surface area contributed by atoms with Crippen molar-refractivity contribution >= 4 is 22.3 Å². The molecule has 0 aliphatic rings. The molecule has 0 saturated carbocycles. The first-order valence-electron chi connectivity index (χ1n) is 7.42. The topological polar surface area (TPSA) is 53.6 Å². The lowest BCUT2D eigenvalue weighted by atomic mass is 9.99. The van der Waals surface area contributed by atoms with Crippen LogP contribution in [0, 0.1) is 18.6 Å². The van der Waals surface area contributed by atoms with E-state index in [0.717, 1.165) is 17.7 Å². The van der Waals surface area contributed by atoms with Gasteiger partial charge in [0.2, 0.25) is 0 Å². The third kappa shape index (κ3) is 2.46. The molecule has 0 bridgehead atoms. The Bertz CT molecular complexity index is 1070. The van der Waals surface area contributed by atoms with Crippen molar-refractivity contribution in [1.82, 2.24) is 0 Å². The van der Waals surface area contributed by atoms with Gasteiger partial charge in [-0.05, 0) is 47.0 Å². The fourth-order valence-corrected chi connectivity index (χ4v) is 3.64. The van der Waals surface area contributed by atoms with Crippen LogP contribution >= 0.6 is 11.3 Å². The molecule has 6 heteroatoms. The minimum atomic E-state index is -0.921. The summed E-state index contributed by atoms with van der Waals surface area (Å²) in [5.74, 6) is -2.27. The van der Waals surface area contributed by atoms with Crippen LogP contribution < -0.4 is 0 Å². The number of hydrogen-bond donors (Lipinski definition) is 2. The van der Waals surface area contributed by atoms with Crippen molar-refractivity contribution in [1.29, 1.82) is 0 Å². The highest BCUT2D eigenvalue weighted by molar-refractivity contribution is 7.08. The largest absolute Gasteiger partial charge is 0.508 e. The SMILES string of the molecule is Cc1cc(O)cc2c(-c3ccsc3)c(-c3c(F)cc(O)cc3F)oc12. The van der Waals surface area contributed by atoms with Crippen molar-refractivity contribution in [3.05, 3.63) is 58.3 Å². The smallest absolute Gasteiger partial charge is 0.149 e. The minimum Gasteiger partial charge on any atom is -0.508 e. The van der Waals surface area contributed by atoms with Crippen LogP contribution in [0.4, 0.5) is 8.78 Å². The Labute approximate surface area is 145 Å². The number of rotatable bonds is 2. The van der Waals surface area contributed by atoms with Crippen LogP contribution in [-0.2, 0) is 0 Å². The van der Waals surface area contributed by atoms with Gasteiger partial charge in [-0.1, -0.05) is 0 Å². The predicted molar refractivity (Wildman–Crippen MR) is 92.9 cm³/mol. The number of fused-ring (bicyclic) bond motifs is 1. The lowest BCUT2D eigenvalue weighted by molar-refractivity contribution is 0.460. The van der Waals surface area contributed by atoms with E-state index in [1.807, 2.05) is 16.8 Å². The van der Waals surface area contributed by atoms with Gasteiger partial charge in [0.1, 0.15) is 34.5 Å². The Hall–Kier alpha value is -2.86. The minimum absolute atomic E-state index is 0.0251. The summed E-state index contributed by atoms with van der Waals surface area (Å²) in [4.78, 5) is 0. The van der Waals surface area contributed by atoms with E-state index in [-0.39, 0.29) is 17.1 Å². The van der Waals surface area contributed by atoms with Crippen molar-refractivity contribution in [3.8, 4) is 33.9 Å². The third-order valence-electron chi connectivity index (χ3n) is 4.02. The maximum atomic E-state index is 14.4. The molecular weight excluding hydrogens is 346 g/mol. The third-order valence-corrected chi connectivity index (χ3v) is 4.71. The molecule has 0 aliphatic carbocycles. The van der Waals surface area contributed by atoms with Gasteiger partial charge < -0.3 is 14.6 Å². The maximum Gasteiger partial charge on any atom is 0.149 e. The molecule has 0 radical (unpaired) electrons. The van der Waals surface area contributed by atoms with Crippen molar-refractivity contribution in [3.63, 3.8) is 0 Å². The Morgan fingerprint density at radius 2 is 1.64 bits per heavy atom. The molecule has 0 aliphatic heterocycles. The second-order valence-corrected chi connectivity index (χ2v) is 6.52. The van der Waals surface area contributed by atoms with E-state index >= 15 is 0 Å². The molecule has 126 valence electrons. The number of phenolic OH excluding ortho intramolecular Hbond substituents is 2. The number of phenols is 2. The molecular formula is C19H12F2O3S. The average molecular weight is 358 g/mol. The van der Waals surface area contributed by atoms with Crippen LogP contribution in [0.15, 0.2) is 45.5 Å². The van der Waals surface area contributed by atoms with Crippen LogP contribution in [-0.4, -0.2) is 10.2 Å². The molecule has 3 nitrogen and oxygen atoms in total. The molecule has 2 N–H and O–H groups in total. The summed E-state index contributed by atoms with van der Waals surface area (Å²) in [5, 5.41) is 23.6. The summed E-state index contributed by atoms with van der Waals surface area (Å²) < 4.78 is 34.7. The van der Waals surface area contributed by atoms with Crippen LogP contribution in [0.5, 0.6) is 11.5 Å². The van der Waals surface area contributed by atoms with E-state index in [2.05, 4.69) is 0 Å². The number of aromatic hydroxyl groups is 2. The fourth-order valence-electron chi connectivity index (χ4n) is 3.00. The van der Waals surface area contributed by atoms with Gasteiger partial charge >= 0.3 is 0 Å². The van der Waals surface area contributed by atoms with Gasteiger partial charge in [0.15, 0.2) is 0 Å². The molecule has 2 heterocycles. The highest BCUT2D eigenvalue weighted by Gasteiger charge is 2.25. The molecule has 2 aromatic carbocycles. The quantitative estimate of drug-likeness (QED) is 0.474. The molecule has 4 aromatic rings. The summed E-state index contributed by atoms with van der Waals surface area (Å²) >= 11 is 1.44. The number of halogens is 2. The summed E-state index contributed by atoms with van der Waals surface area (Å²) in [7, 11) is 0. The lowest BCUT2D eigenvalue weighted by Crippen LogP contribution is -1.90. The molecule has 0 saturated heterocycles. The number of furan rings is 1.